The highest BCUT2D eigenvalue weighted by Gasteiger charge is 2.19. The van der Waals surface area contributed by atoms with Gasteiger partial charge in [0.05, 0.1) is 5.92 Å². The van der Waals surface area contributed by atoms with Gasteiger partial charge < -0.3 is 5.11 Å². The van der Waals surface area contributed by atoms with Gasteiger partial charge in [-0.15, -0.1) is 11.3 Å². The summed E-state index contributed by atoms with van der Waals surface area (Å²) in [5.41, 5.74) is 0.727. The maximum atomic E-state index is 13.1. The fraction of sp³-hybridized carbons (Fsp3) is 0.312. The van der Waals surface area contributed by atoms with E-state index < -0.39 is 11.9 Å². The Kier molecular flexibility index (Phi) is 4.90. The van der Waals surface area contributed by atoms with E-state index in [0.717, 1.165) is 16.9 Å². The summed E-state index contributed by atoms with van der Waals surface area (Å²) in [5.74, 6) is -1.67. The second kappa shape index (κ2) is 6.66. The zero-order valence-electron chi connectivity index (χ0n) is 11.3. The van der Waals surface area contributed by atoms with Crippen LogP contribution < -0.4 is 0 Å². The molecule has 20 heavy (non-hydrogen) atoms. The Morgan fingerprint density at radius 1 is 1.25 bits per heavy atom. The predicted octanol–water partition coefficient (Wildman–Crippen LogP) is 3.94. The fourth-order valence-corrected chi connectivity index (χ4v) is 3.20. The molecule has 106 valence electrons. The lowest BCUT2D eigenvalue weighted by atomic mass is 9.95. The molecule has 1 aromatic carbocycles. The third kappa shape index (κ3) is 3.90. The predicted molar refractivity (Wildman–Crippen MR) is 78.6 cm³/mol. The normalized spacial score (nSPS) is 12.3. The summed E-state index contributed by atoms with van der Waals surface area (Å²) in [7, 11) is 0. The van der Waals surface area contributed by atoms with Crippen molar-refractivity contribution in [3.8, 4) is 0 Å². The molecule has 0 saturated carbocycles. The molecule has 0 aliphatic heterocycles. The van der Waals surface area contributed by atoms with Crippen LogP contribution in [0, 0.1) is 11.7 Å². The van der Waals surface area contributed by atoms with Gasteiger partial charge in [-0.3, -0.25) is 4.79 Å². The van der Waals surface area contributed by atoms with Crippen LogP contribution >= 0.6 is 11.3 Å². The second-order valence-electron chi connectivity index (χ2n) is 4.79. The van der Waals surface area contributed by atoms with Crippen LogP contribution in [-0.4, -0.2) is 11.1 Å². The fourth-order valence-electron chi connectivity index (χ4n) is 2.16. The van der Waals surface area contributed by atoms with Crippen LogP contribution in [-0.2, 0) is 24.1 Å². The number of carboxylic acids is 1. The monoisotopic (exact) mass is 292 g/mol. The number of hydrogen-bond acceptors (Lipinski definition) is 2. The number of carboxylic acid groups (broad SMARTS) is 1. The summed E-state index contributed by atoms with van der Waals surface area (Å²) in [6.07, 6.45) is 1.81. The number of benzene rings is 1. The van der Waals surface area contributed by atoms with Crippen LogP contribution in [0.25, 0.3) is 0 Å². The molecule has 0 fully saturated rings. The average molecular weight is 292 g/mol. The maximum Gasteiger partial charge on any atom is 0.307 e. The van der Waals surface area contributed by atoms with Gasteiger partial charge in [-0.05, 0) is 49.1 Å². The Labute approximate surface area is 121 Å². The summed E-state index contributed by atoms with van der Waals surface area (Å²) in [5, 5.41) is 9.34. The molecule has 1 heterocycles. The molecule has 0 saturated heterocycles. The lowest BCUT2D eigenvalue weighted by molar-refractivity contribution is -0.141. The Bertz CT molecular complexity index is 592. The van der Waals surface area contributed by atoms with E-state index in [1.165, 1.54) is 17.0 Å². The van der Waals surface area contributed by atoms with E-state index in [1.54, 1.807) is 23.5 Å². The number of rotatable bonds is 6. The highest BCUT2D eigenvalue weighted by atomic mass is 32.1. The molecule has 1 aromatic heterocycles. The minimum absolute atomic E-state index is 0.323. The number of carbonyl (C=O) groups is 1. The first-order valence-electron chi connectivity index (χ1n) is 6.63. The van der Waals surface area contributed by atoms with Crippen molar-refractivity contribution in [1.82, 2.24) is 0 Å². The van der Waals surface area contributed by atoms with E-state index >= 15 is 0 Å². The molecule has 2 nitrogen and oxygen atoms in total. The Morgan fingerprint density at radius 3 is 2.60 bits per heavy atom. The molecule has 0 radical (unpaired) electrons. The molecule has 0 amide bonds. The van der Waals surface area contributed by atoms with Crippen LogP contribution in [0.5, 0.6) is 0 Å². The first-order chi connectivity index (χ1) is 9.58. The van der Waals surface area contributed by atoms with Crippen molar-refractivity contribution in [2.75, 3.05) is 0 Å². The third-order valence-corrected chi connectivity index (χ3v) is 4.49. The van der Waals surface area contributed by atoms with Gasteiger partial charge in [0.15, 0.2) is 0 Å². The Hall–Kier alpha value is -1.68. The summed E-state index contributed by atoms with van der Waals surface area (Å²) < 4.78 is 13.1. The highest BCUT2D eigenvalue weighted by molar-refractivity contribution is 7.12. The molecule has 0 bridgehead atoms. The number of hydrogen-bond donors (Lipinski definition) is 1. The van der Waals surface area contributed by atoms with Crippen molar-refractivity contribution in [3.05, 3.63) is 57.5 Å². The van der Waals surface area contributed by atoms with E-state index in [1.807, 2.05) is 12.1 Å². The summed E-state index contributed by atoms with van der Waals surface area (Å²) in [6.45, 7) is 2.08. The molecule has 0 spiro atoms. The molecular formula is C16H17FO2S. The van der Waals surface area contributed by atoms with Crippen molar-refractivity contribution in [2.45, 2.75) is 26.2 Å². The summed E-state index contributed by atoms with van der Waals surface area (Å²) >= 11 is 1.65. The van der Waals surface area contributed by atoms with Crippen molar-refractivity contribution in [2.24, 2.45) is 5.92 Å². The average Bonchev–Trinajstić information content (AvgIpc) is 2.85. The quantitative estimate of drug-likeness (QED) is 0.875. The zero-order valence-corrected chi connectivity index (χ0v) is 12.1. The van der Waals surface area contributed by atoms with Gasteiger partial charge in [0, 0.05) is 9.75 Å². The van der Waals surface area contributed by atoms with Gasteiger partial charge in [-0.1, -0.05) is 19.1 Å². The van der Waals surface area contributed by atoms with Crippen molar-refractivity contribution in [3.63, 3.8) is 0 Å². The van der Waals surface area contributed by atoms with Gasteiger partial charge in [0.25, 0.3) is 0 Å². The zero-order chi connectivity index (χ0) is 14.5. The third-order valence-electron chi connectivity index (χ3n) is 3.23. The topological polar surface area (TPSA) is 37.3 Å². The molecule has 4 heteroatoms. The van der Waals surface area contributed by atoms with Crippen molar-refractivity contribution in [1.29, 1.82) is 0 Å². The Balaban J connectivity index is 2.09. The van der Waals surface area contributed by atoms with Crippen molar-refractivity contribution >= 4 is 17.3 Å². The number of thiophene rings is 1. The van der Waals surface area contributed by atoms with Crippen LogP contribution in [0.4, 0.5) is 4.39 Å². The van der Waals surface area contributed by atoms with Gasteiger partial charge in [-0.2, -0.15) is 0 Å². The second-order valence-corrected chi connectivity index (χ2v) is 6.05. The first kappa shape index (κ1) is 14.7. The van der Waals surface area contributed by atoms with E-state index in [0.29, 0.717) is 12.8 Å². The van der Waals surface area contributed by atoms with Crippen molar-refractivity contribution < 1.29 is 14.3 Å². The number of halogens is 1. The van der Waals surface area contributed by atoms with E-state index in [-0.39, 0.29) is 5.82 Å². The molecule has 1 unspecified atom stereocenters. The molecular weight excluding hydrogens is 275 g/mol. The van der Waals surface area contributed by atoms with E-state index in [2.05, 4.69) is 6.92 Å². The standard InChI is InChI=1S/C16H17FO2S/c1-2-14-6-7-15(20-14)10-12(16(18)19)8-11-4-3-5-13(17)9-11/h3-7,9,12H,2,8,10H2,1H3,(H,18,19). The molecule has 2 aromatic rings. The highest BCUT2D eigenvalue weighted by Crippen LogP contribution is 2.22. The van der Waals surface area contributed by atoms with Crippen LogP contribution in [0.15, 0.2) is 36.4 Å². The molecule has 1 N–H and O–H groups in total. The largest absolute Gasteiger partial charge is 0.481 e. The van der Waals surface area contributed by atoms with E-state index in [4.69, 9.17) is 0 Å². The van der Waals surface area contributed by atoms with Crippen LogP contribution in [0.1, 0.15) is 22.2 Å². The Morgan fingerprint density at radius 2 is 2.00 bits per heavy atom. The van der Waals surface area contributed by atoms with Gasteiger partial charge in [0.1, 0.15) is 5.82 Å². The molecule has 1 atom stereocenters. The lowest BCUT2D eigenvalue weighted by Gasteiger charge is -2.11. The minimum atomic E-state index is -0.833. The van der Waals surface area contributed by atoms with Gasteiger partial charge >= 0.3 is 5.97 Å². The van der Waals surface area contributed by atoms with Crippen LogP contribution in [0.3, 0.4) is 0 Å². The van der Waals surface area contributed by atoms with Gasteiger partial charge in [0.2, 0.25) is 0 Å². The maximum absolute atomic E-state index is 13.1. The van der Waals surface area contributed by atoms with E-state index in [9.17, 15) is 14.3 Å². The molecule has 0 aliphatic carbocycles. The number of aliphatic carboxylic acids is 1. The van der Waals surface area contributed by atoms with Gasteiger partial charge in [-0.25, -0.2) is 4.39 Å². The number of aryl methyl sites for hydroxylation is 1. The first-order valence-corrected chi connectivity index (χ1v) is 7.45. The SMILES string of the molecule is CCc1ccc(CC(Cc2cccc(F)c2)C(=O)O)s1. The summed E-state index contributed by atoms with van der Waals surface area (Å²) in [4.78, 5) is 13.7. The molecule has 2 rings (SSSR count). The smallest absolute Gasteiger partial charge is 0.307 e. The molecule has 0 aliphatic rings. The van der Waals surface area contributed by atoms with Crippen LogP contribution in [0.2, 0.25) is 0 Å². The minimum Gasteiger partial charge on any atom is -0.481 e. The lowest BCUT2D eigenvalue weighted by Crippen LogP contribution is -2.18. The summed E-state index contributed by atoms with van der Waals surface area (Å²) in [6, 6.07) is 10.2.